The zero-order valence-corrected chi connectivity index (χ0v) is 17.5. The highest BCUT2D eigenvalue weighted by Gasteiger charge is 2.50. The molecular weight excluding hydrogens is 364 g/mol. The van der Waals surface area contributed by atoms with Gasteiger partial charge in [0.2, 0.25) is 11.8 Å². The van der Waals surface area contributed by atoms with Crippen LogP contribution < -0.4 is 5.32 Å². The molecule has 1 N–H and O–H groups in total. The first-order valence-electron chi connectivity index (χ1n) is 9.50. The smallest absolute Gasteiger partial charge is 0.240 e. The molecule has 0 bridgehead atoms. The van der Waals surface area contributed by atoms with Gasteiger partial charge in [-0.15, -0.1) is 11.3 Å². The van der Waals surface area contributed by atoms with Crippen LogP contribution in [0.5, 0.6) is 0 Å². The van der Waals surface area contributed by atoms with Gasteiger partial charge in [-0.25, -0.2) is 4.98 Å². The molecule has 2 fully saturated rings. The van der Waals surface area contributed by atoms with Crippen LogP contribution >= 0.6 is 11.3 Å². The van der Waals surface area contributed by atoms with Crippen LogP contribution in [0.1, 0.15) is 39.3 Å². The summed E-state index contributed by atoms with van der Waals surface area (Å²) in [6.07, 6.45) is 1.70. The lowest BCUT2D eigenvalue weighted by Crippen LogP contribution is -2.39. The monoisotopic (exact) mass is 394 g/mol. The first-order valence-corrected chi connectivity index (χ1v) is 10.4. The number of thiazole rings is 1. The average Bonchev–Trinajstić information content (AvgIpc) is 3.28. The first kappa shape index (κ1) is 20.2. The lowest BCUT2D eigenvalue weighted by atomic mass is 9.85. The standard InChI is InChI=1S/C19H30N4O3S/c1-18(2,3)14-12-27-17(20-14)21-15(24)11-22-7-5-19(13-22)6-8-23(16(19)25)9-10-26-4/h12H,5-11,13H2,1-4H3,(H,20,21,24). The normalized spacial score (nSPS) is 23.6. The van der Waals surface area contributed by atoms with Crippen molar-refractivity contribution >= 4 is 28.3 Å². The summed E-state index contributed by atoms with van der Waals surface area (Å²) < 4.78 is 5.09. The van der Waals surface area contributed by atoms with Crippen LogP contribution in [0.4, 0.5) is 5.13 Å². The van der Waals surface area contributed by atoms with Crippen molar-refractivity contribution in [2.45, 2.75) is 39.0 Å². The number of ether oxygens (including phenoxy) is 1. The van der Waals surface area contributed by atoms with Crippen molar-refractivity contribution < 1.29 is 14.3 Å². The number of hydrogen-bond donors (Lipinski definition) is 1. The molecule has 1 aromatic heterocycles. The van der Waals surface area contributed by atoms with Crippen LogP contribution in [-0.2, 0) is 19.7 Å². The van der Waals surface area contributed by atoms with Crippen molar-refractivity contribution in [3.8, 4) is 0 Å². The number of nitrogens with one attached hydrogen (secondary N) is 1. The van der Waals surface area contributed by atoms with Crippen LogP contribution in [0.2, 0.25) is 0 Å². The lowest BCUT2D eigenvalue weighted by molar-refractivity contribution is -0.136. The van der Waals surface area contributed by atoms with Gasteiger partial charge in [-0.2, -0.15) is 0 Å². The zero-order valence-electron chi connectivity index (χ0n) is 16.7. The molecule has 2 aliphatic rings. The Hall–Kier alpha value is -1.51. The summed E-state index contributed by atoms with van der Waals surface area (Å²) in [5, 5.41) is 5.54. The Bertz CT molecular complexity index is 699. The Balaban J connectivity index is 1.52. The summed E-state index contributed by atoms with van der Waals surface area (Å²) in [6.45, 7) is 10.1. The molecule has 0 radical (unpaired) electrons. The van der Waals surface area contributed by atoms with E-state index >= 15 is 0 Å². The molecule has 0 saturated carbocycles. The van der Waals surface area contributed by atoms with E-state index in [9.17, 15) is 9.59 Å². The number of aromatic nitrogens is 1. The molecule has 3 heterocycles. The molecule has 2 amide bonds. The molecule has 1 spiro atoms. The number of rotatable bonds is 6. The van der Waals surface area contributed by atoms with Gasteiger partial charge in [0.1, 0.15) is 0 Å². The Labute approximate surface area is 165 Å². The number of nitrogens with zero attached hydrogens (tertiary/aromatic N) is 3. The van der Waals surface area contributed by atoms with E-state index in [-0.39, 0.29) is 22.6 Å². The molecule has 0 aromatic carbocycles. The Morgan fingerprint density at radius 1 is 1.37 bits per heavy atom. The molecule has 1 unspecified atom stereocenters. The van der Waals surface area contributed by atoms with Crippen molar-refractivity contribution in [3.05, 3.63) is 11.1 Å². The number of methoxy groups -OCH3 is 1. The minimum atomic E-state index is -0.311. The van der Waals surface area contributed by atoms with Gasteiger partial charge >= 0.3 is 0 Å². The lowest BCUT2D eigenvalue weighted by Gasteiger charge is -2.23. The van der Waals surface area contributed by atoms with Gasteiger partial charge in [-0.1, -0.05) is 20.8 Å². The summed E-state index contributed by atoms with van der Waals surface area (Å²) >= 11 is 1.46. The summed E-state index contributed by atoms with van der Waals surface area (Å²) in [4.78, 5) is 33.7. The Morgan fingerprint density at radius 3 is 2.78 bits per heavy atom. The van der Waals surface area contributed by atoms with Crippen LogP contribution in [0.3, 0.4) is 0 Å². The highest BCUT2D eigenvalue weighted by atomic mass is 32.1. The molecule has 3 rings (SSSR count). The van der Waals surface area contributed by atoms with Crippen molar-refractivity contribution in [2.24, 2.45) is 5.41 Å². The summed E-state index contributed by atoms with van der Waals surface area (Å²) in [6, 6.07) is 0. The van der Waals surface area contributed by atoms with Gasteiger partial charge in [0.15, 0.2) is 5.13 Å². The molecule has 7 nitrogen and oxygen atoms in total. The second-order valence-corrected chi connectivity index (χ2v) is 9.47. The van der Waals surface area contributed by atoms with Crippen LogP contribution in [0, 0.1) is 5.41 Å². The third-order valence-electron chi connectivity index (χ3n) is 5.49. The van der Waals surface area contributed by atoms with E-state index < -0.39 is 0 Å². The fraction of sp³-hybridized carbons (Fsp3) is 0.737. The second kappa shape index (κ2) is 7.85. The van der Waals surface area contributed by atoms with Crippen LogP contribution in [0.15, 0.2) is 5.38 Å². The average molecular weight is 395 g/mol. The van der Waals surface area contributed by atoms with Crippen molar-refractivity contribution in [1.82, 2.24) is 14.8 Å². The SMILES string of the molecule is COCCN1CCC2(CCN(CC(=O)Nc3nc(C(C)(C)C)cs3)C2)C1=O. The quantitative estimate of drug-likeness (QED) is 0.798. The molecule has 1 aromatic rings. The number of carbonyl (C=O) groups is 2. The highest BCUT2D eigenvalue weighted by molar-refractivity contribution is 7.13. The van der Waals surface area contributed by atoms with Gasteiger partial charge in [0, 0.05) is 37.5 Å². The van der Waals surface area contributed by atoms with Crippen LogP contribution in [0.25, 0.3) is 0 Å². The van der Waals surface area contributed by atoms with Gasteiger partial charge in [0.05, 0.1) is 24.3 Å². The maximum Gasteiger partial charge on any atom is 0.240 e. The second-order valence-electron chi connectivity index (χ2n) is 8.61. The molecule has 8 heteroatoms. The molecule has 27 heavy (non-hydrogen) atoms. The van der Waals surface area contributed by atoms with Gasteiger partial charge < -0.3 is 15.0 Å². The number of likely N-dealkylation sites (tertiary alicyclic amines) is 2. The number of amides is 2. The third kappa shape index (κ3) is 4.50. The van der Waals surface area contributed by atoms with E-state index in [1.807, 2.05) is 10.3 Å². The largest absolute Gasteiger partial charge is 0.383 e. The minimum absolute atomic E-state index is 0.0294. The maximum atomic E-state index is 12.8. The molecular formula is C19H30N4O3S. The molecule has 2 saturated heterocycles. The van der Waals surface area contributed by atoms with Crippen molar-refractivity contribution in [3.63, 3.8) is 0 Å². The van der Waals surface area contributed by atoms with Crippen molar-refractivity contribution in [1.29, 1.82) is 0 Å². The van der Waals surface area contributed by atoms with E-state index in [2.05, 4.69) is 36.0 Å². The van der Waals surface area contributed by atoms with Gasteiger partial charge in [0.25, 0.3) is 0 Å². The number of anilines is 1. The molecule has 150 valence electrons. The van der Waals surface area contributed by atoms with Gasteiger partial charge in [-0.3, -0.25) is 14.5 Å². The molecule has 0 aliphatic carbocycles. The Morgan fingerprint density at radius 2 is 2.11 bits per heavy atom. The maximum absolute atomic E-state index is 12.8. The summed E-state index contributed by atoms with van der Waals surface area (Å²) in [5.41, 5.74) is 0.642. The fourth-order valence-electron chi connectivity index (χ4n) is 3.82. The van der Waals surface area contributed by atoms with E-state index in [0.717, 1.165) is 31.6 Å². The number of carbonyl (C=O) groups excluding carboxylic acids is 2. The molecule has 1 atom stereocenters. The summed E-state index contributed by atoms with van der Waals surface area (Å²) in [7, 11) is 1.65. The van der Waals surface area contributed by atoms with E-state index in [0.29, 0.717) is 31.4 Å². The van der Waals surface area contributed by atoms with E-state index in [1.165, 1.54) is 11.3 Å². The van der Waals surface area contributed by atoms with E-state index in [4.69, 9.17) is 4.74 Å². The zero-order chi connectivity index (χ0) is 19.7. The van der Waals surface area contributed by atoms with Crippen LogP contribution in [-0.4, -0.2) is 73.0 Å². The third-order valence-corrected chi connectivity index (χ3v) is 6.24. The molecule has 2 aliphatic heterocycles. The first-order chi connectivity index (χ1) is 12.7. The topological polar surface area (TPSA) is 74.8 Å². The highest BCUT2D eigenvalue weighted by Crippen LogP contribution is 2.40. The fourth-order valence-corrected chi connectivity index (χ4v) is 4.77. The minimum Gasteiger partial charge on any atom is -0.383 e. The van der Waals surface area contributed by atoms with E-state index in [1.54, 1.807) is 7.11 Å². The summed E-state index contributed by atoms with van der Waals surface area (Å²) in [5.74, 6) is 0.153. The predicted octanol–water partition coefficient (Wildman–Crippen LogP) is 1.95. The Kier molecular flexibility index (Phi) is 5.88. The predicted molar refractivity (Wildman–Crippen MR) is 106 cm³/mol. The van der Waals surface area contributed by atoms with Crippen molar-refractivity contribution in [2.75, 3.05) is 51.8 Å². The number of hydrogen-bond acceptors (Lipinski definition) is 6. The van der Waals surface area contributed by atoms with Gasteiger partial charge in [-0.05, 0) is 19.4 Å².